The molecule has 1 aliphatic heterocycles. The number of rotatable bonds is 10. The second-order valence-corrected chi connectivity index (χ2v) is 10.1. The molecule has 1 fully saturated rings. The number of fused-ring (bicyclic) bond motifs is 1. The van der Waals surface area contributed by atoms with Crippen molar-refractivity contribution in [3.05, 3.63) is 107 Å². The maximum absolute atomic E-state index is 13.5. The van der Waals surface area contributed by atoms with Gasteiger partial charge in [-0.25, -0.2) is 0 Å². The minimum atomic E-state index is -0.894. The number of nitrogens with zero attached hydrogens (tertiary/aromatic N) is 1. The molecule has 0 spiro atoms. The van der Waals surface area contributed by atoms with Crippen LogP contribution < -0.4 is 16.0 Å². The fourth-order valence-electron chi connectivity index (χ4n) is 5.23. The van der Waals surface area contributed by atoms with Gasteiger partial charge in [0, 0.05) is 30.1 Å². The molecule has 3 aromatic carbocycles. The maximum Gasteiger partial charge on any atom is 0.250 e. The molecular formula is C32H33N5O4. The Hall–Kier alpha value is -4.92. The van der Waals surface area contributed by atoms with Crippen LogP contribution >= 0.6 is 0 Å². The Labute approximate surface area is 238 Å². The number of carbonyl (C=O) groups is 4. The number of para-hydroxylation sites is 1. The standard InChI is InChI=1S/C32H33N5O4/c1-2-21-10-6-7-13-23(21)17-34-31(40)27(16-24-18-33-26-15-9-8-14-25(24)26)35-28(38)19-37-20-29(39)36-30(32(37)41)22-11-4-3-5-12-22/h3-15,18,27,30,33H,2,16-17,19-20H2,1H3,(H,34,40)(H,35,38)(H,36,39). The van der Waals surface area contributed by atoms with Gasteiger partial charge in [0.1, 0.15) is 25.2 Å². The number of hydrogen-bond donors (Lipinski definition) is 4. The normalized spacial score (nSPS) is 15.8. The number of aromatic nitrogens is 1. The van der Waals surface area contributed by atoms with Gasteiger partial charge in [-0.3, -0.25) is 19.2 Å². The molecule has 41 heavy (non-hydrogen) atoms. The molecule has 1 aromatic heterocycles. The van der Waals surface area contributed by atoms with E-state index in [9.17, 15) is 19.2 Å². The van der Waals surface area contributed by atoms with Crippen molar-refractivity contribution in [2.45, 2.75) is 38.4 Å². The number of H-pyrrole nitrogens is 1. The van der Waals surface area contributed by atoms with Crippen LogP contribution in [0, 0.1) is 0 Å². The van der Waals surface area contributed by atoms with Crippen LogP contribution in [0.5, 0.6) is 0 Å². The fourth-order valence-corrected chi connectivity index (χ4v) is 5.23. The molecule has 1 aliphatic rings. The van der Waals surface area contributed by atoms with Crippen molar-refractivity contribution in [1.29, 1.82) is 0 Å². The van der Waals surface area contributed by atoms with Gasteiger partial charge in [0.15, 0.2) is 0 Å². The van der Waals surface area contributed by atoms with Crippen molar-refractivity contribution in [3.63, 3.8) is 0 Å². The van der Waals surface area contributed by atoms with Gasteiger partial charge in [-0.15, -0.1) is 0 Å². The molecule has 1 saturated heterocycles. The van der Waals surface area contributed by atoms with Crippen molar-refractivity contribution in [1.82, 2.24) is 25.8 Å². The summed E-state index contributed by atoms with van der Waals surface area (Å²) in [5, 5.41) is 9.48. The number of benzene rings is 3. The highest BCUT2D eigenvalue weighted by Crippen LogP contribution is 2.21. The Kier molecular flexibility index (Phi) is 8.43. The van der Waals surface area contributed by atoms with Gasteiger partial charge in [-0.2, -0.15) is 0 Å². The Balaban J connectivity index is 1.32. The first-order valence-corrected chi connectivity index (χ1v) is 13.7. The van der Waals surface area contributed by atoms with E-state index in [2.05, 4.69) is 27.9 Å². The van der Waals surface area contributed by atoms with E-state index in [0.29, 0.717) is 12.1 Å². The van der Waals surface area contributed by atoms with Crippen LogP contribution in [0.15, 0.2) is 85.1 Å². The molecule has 0 saturated carbocycles. The first-order valence-electron chi connectivity index (χ1n) is 13.7. The molecule has 210 valence electrons. The zero-order valence-corrected chi connectivity index (χ0v) is 22.9. The van der Waals surface area contributed by atoms with Gasteiger partial charge in [-0.1, -0.05) is 79.7 Å². The van der Waals surface area contributed by atoms with E-state index in [1.54, 1.807) is 24.3 Å². The van der Waals surface area contributed by atoms with Crippen molar-refractivity contribution in [2.24, 2.45) is 0 Å². The average molecular weight is 552 g/mol. The lowest BCUT2D eigenvalue weighted by molar-refractivity contribution is -0.146. The third-order valence-electron chi connectivity index (χ3n) is 7.37. The zero-order chi connectivity index (χ0) is 28.8. The van der Waals surface area contributed by atoms with Crippen LogP contribution in [0.1, 0.15) is 35.2 Å². The molecule has 2 heterocycles. The monoisotopic (exact) mass is 551 g/mol. The van der Waals surface area contributed by atoms with E-state index < -0.39 is 18.0 Å². The van der Waals surface area contributed by atoms with Crippen molar-refractivity contribution < 1.29 is 19.2 Å². The van der Waals surface area contributed by atoms with E-state index in [4.69, 9.17) is 0 Å². The quantitative estimate of drug-likeness (QED) is 0.242. The molecule has 2 unspecified atom stereocenters. The van der Waals surface area contributed by atoms with Crippen LogP contribution in [-0.4, -0.2) is 52.6 Å². The highest BCUT2D eigenvalue weighted by molar-refractivity contribution is 5.98. The summed E-state index contributed by atoms with van der Waals surface area (Å²) in [5.41, 5.74) is 4.60. The molecule has 9 heteroatoms. The summed E-state index contributed by atoms with van der Waals surface area (Å²) in [6, 6.07) is 22.8. The summed E-state index contributed by atoms with van der Waals surface area (Å²) in [6.07, 6.45) is 2.92. The van der Waals surface area contributed by atoms with Gasteiger partial charge in [-0.05, 0) is 34.7 Å². The Morgan fingerprint density at radius 1 is 0.927 bits per heavy atom. The molecule has 0 radical (unpaired) electrons. The van der Waals surface area contributed by atoms with Crippen LogP contribution in [0.3, 0.4) is 0 Å². The van der Waals surface area contributed by atoms with Gasteiger partial charge >= 0.3 is 0 Å². The first kappa shape index (κ1) is 27.6. The number of carbonyl (C=O) groups excluding carboxylic acids is 4. The van der Waals surface area contributed by atoms with Gasteiger partial charge in [0.25, 0.3) is 5.91 Å². The molecule has 4 amide bonds. The van der Waals surface area contributed by atoms with Crippen LogP contribution in [0.25, 0.3) is 10.9 Å². The van der Waals surface area contributed by atoms with Crippen molar-refractivity contribution in [2.75, 3.05) is 13.1 Å². The van der Waals surface area contributed by atoms with Crippen molar-refractivity contribution >= 4 is 34.5 Å². The number of amides is 4. The number of aryl methyl sites for hydroxylation is 1. The highest BCUT2D eigenvalue weighted by atomic mass is 16.2. The summed E-state index contributed by atoms with van der Waals surface area (Å²) in [4.78, 5) is 56.8. The number of piperazine rings is 1. The van der Waals surface area contributed by atoms with E-state index in [0.717, 1.165) is 34.0 Å². The third-order valence-corrected chi connectivity index (χ3v) is 7.37. The predicted octanol–water partition coefficient (Wildman–Crippen LogP) is 2.77. The molecule has 4 aromatic rings. The SMILES string of the molecule is CCc1ccccc1CNC(=O)C(Cc1c[nH]c2ccccc12)NC(=O)CN1CC(=O)NC(c2ccccc2)C1=O. The molecule has 9 nitrogen and oxygen atoms in total. The summed E-state index contributed by atoms with van der Waals surface area (Å²) in [7, 11) is 0. The van der Waals surface area contributed by atoms with Gasteiger partial charge in [0.05, 0.1) is 0 Å². The zero-order valence-electron chi connectivity index (χ0n) is 22.9. The number of aromatic amines is 1. The Morgan fingerprint density at radius 2 is 1.63 bits per heavy atom. The van der Waals surface area contributed by atoms with Crippen LogP contribution in [0.2, 0.25) is 0 Å². The Morgan fingerprint density at radius 3 is 2.41 bits per heavy atom. The predicted molar refractivity (Wildman–Crippen MR) is 156 cm³/mol. The minimum Gasteiger partial charge on any atom is -0.361 e. The fraction of sp³-hybridized carbons (Fsp3) is 0.250. The smallest absolute Gasteiger partial charge is 0.250 e. The second kappa shape index (κ2) is 12.5. The molecule has 2 atom stereocenters. The van der Waals surface area contributed by atoms with Crippen LogP contribution in [0.4, 0.5) is 0 Å². The van der Waals surface area contributed by atoms with E-state index in [-0.39, 0.29) is 37.2 Å². The van der Waals surface area contributed by atoms with E-state index in [1.807, 2.05) is 60.8 Å². The Bertz CT molecular complexity index is 1560. The third kappa shape index (κ3) is 6.46. The summed E-state index contributed by atoms with van der Waals surface area (Å²) >= 11 is 0. The van der Waals surface area contributed by atoms with Gasteiger partial charge in [0.2, 0.25) is 17.7 Å². The lowest BCUT2D eigenvalue weighted by Crippen LogP contribution is -2.57. The second-order valence-electron chi connectivity index (χ2n) is 10.1. The molecule has 0 aliphatic carbocycles. The molecule has 0 bridgehead atoms. The first-order chi connectivity index (χ1) is 19.9. The van der Waals surface area contributed by atoms with Crippen molar-refractivity contribution in [3.8, 4) is 0 Å². The largest absolute Gasteiger partial charge is 0.361 e. The topological polar surface area (TPSA) is 123 Å². The van der Waals surface area contributed by atoms with E-state index >= 15 is 0 Å². The molecule has 5 rings (SSSR count). The summed E-state index contributed by atoms with van der Waals surface area (Å²) in [5.74, 6) is -1.58. The lowest BCUT2D eigenvalue weighted by Gasteiger charge is -2.32. The number of hydrogen-bond acceptors (Lipinski definition) is 4. The van der Waals surface area contributed by atoms with Gasteiger partial charge < -0.3 is 25.8 Å². The molecular weight excluding hydrogens is 518 g/mol. The maximum atomic E-state index is 13.5. The summed E-state index contributed by atoms with van der Waals surface area (Å²) in [6.45, 7) is 1.81. The lowest BCUT2D eigenvalue weighted by atomic mass is 10.0. The average Bonchev–Trinajstić information content (AvgIpc) is 3.40. The minimum absolute atomic E-state index is 0.233. The highest BCUT2D eigenvalue weighted by Gasteiger charge is 2.35. The summed E-state index contributed by atoms with van der Waals surface area (Å²) < 4.78 is 0. The molecule has 4 N–H and O–H groups in total. The number of nitrogens with one attached hydrogen (secondary N) is 4. The van der Waals surface area contributed by atoms with E-state index in [1.165, 1.54) is 4.90 Å². The van der Waals surface area contributed by atoms with Crippen LogP contribution in [-0.2, 0) is 38.6 Å².